The summed E-state index contributed by atoms with van der Waals surface area (Å²) in [6.45, 7) is 8.40. The summed E-state index contributed by atoms with van der Waals surface area (Å²) in [5.41, 5.74) is 2.32. The van der Waals surface area contributed by atoms with Crippen LogP contribution in [0.5, 0.6) is 17.4 Å². The number of likely N-dealkylation sites (N-methyl/N-ethyl adjacent to an activating group) is 1. The fourth-order valence-corrected chi connectivity index (χ4v) is 4.15. The topological polar surface area (TPSA) is 59.8 Å². The van der Waals surface area contributed by atoms with E-state index >= 15 is 0 Å². The van der Waals surface area contributed by atoms with Gasteiger partial charge in [0.25, 0.3) is 0 Å². The average molecular weight is 467 g/mol. The Morgan fingerprint density at radius 1 is 1.00 bits per heavy atom. The minimum Gasteiger partial charge on any atom is -0.497 e. The van der Waals surface area contributed by atoms with Crippen molar-refractivity contribution in [3.05, 3.63) is 65.6 Å². The Kier molecular flexibility index (Phi) is 7.47. The number of ether oxygens (including phenoxy) is 2. The Bertz CT molecular complexity index is 1100. The normalized spacial score (nSPS) is 14.3. The summed E-state index contributed by atoms with van der Waals surface area (Å²) >= 11 is 0. The number of rotatable bonds is 8. The smallest absolute Gasteiger partial charge is 0.226 e. The lowest BCUT2D eigenvalue weighted by Crippen LogP contribution is -2.48. The first-order valence-corrected chi connectivity index (χ1v) is 11.6. The van der Waals surface area contributed by atoms with Crippen molar-refractivity contribution in [3.63, 3.8) is 0 Å². The Hall–Kier alpha value is -3.39. The number of nitrogens with zero attached hydrogens (tertiary/aromatic N) is 4. The van der Waals surface area contributed by atoms with Crippen molar-refractivity contribution >= 4 is 5.91 Å². The summed E-state index contributed by atoms with van der Waals surface area (Å²) in [6.07, 6.45) is 0.881. The molecule has 180 valence electrons. The second kappa shape index (κ2) is 10.7. The number of hydrogen-bond donors (Lipinski definition) is 0. The molecule has 34 heavy (non-hydrogen) atoms. The minimum absolute atomic E-state index is 0.139. The molecule has 1 aliphatic heterocycles. The molecule has 0 N–H and O–H groups in total. The number of piperazine rings is 1. The van der Waals surface area contributed by atoms with Gasteiger partial charge in [-0.3, -0.25) is 4.79 Å². The average Bonchev–Trinajstić information content (AvgIpc) is 3.18. The lowest BCUT2D eigenvalue weighted by Gasteiger charge is -2.34. The van der Waals surface area contributed by atoms with Gasteiger partial charge in [0.1, 0.15) is 17.3 Å². The molecule has 8 heteroatoms. The van der Waals surface area contributed by atoms with Gasteiger partial charge in [0.05, 0.1) is 18.5 Å². The van der Waals surface area contributed by atoms with Gasteiger partial charge in [0.2, 0.25) is 11.8 Å². The number of aromatic nitrogens is 2. The van der Waals surface area contributed by atoms with E-state index < -0.39 is 0 Å². The van der Waals surface area contributed by atoms with Crippen LogP contribution in [-0.4, -0.2) is 65.3 Å². The summed E-state index contributed by atoms with van der Waals surface area (Å²) in [5.74, 6) is 1.69. The number of hydrogen-bond acceptors (Lipinski definition) is 5. The minimum atomic E-state index is -0.320. The zero-order valence-electron chi connectivity index (χ0n) is 20.0. The van der Waals surface area contributed by atoms with Gasteiger partial charge in [-0.1, -0.05) is 6.92 Å². The van der Waals surface area contributed by atoms with Crippen LogP contribution in [0.2, 0.25) is 0 Å². The van der Waals surface area contributed by atoms with E-state index in [2.05, 4.69) is 16.9 Å². The Morgan fingerprint density at radius 2 is 1.65 bits per heavy atom. The molecule has 4 rings (SSSR count). The highest BCUT2D eigenvalue weighted by Crippen LogP contribution is 2.32. The van der Waals surface area contributed by atoms with E-state index in [9.17, 15) is 9.18 Å². The lowest BCUT2D eigenvalue weighted by atomic mass is 10.1. The molecular formula is C26H31FN4O3. The molecule has 0 unspecified atom stereocenters. The Balaban J connectivity index is 1.57. The second-order valence-electron chi connectivity index (χ2n) is 8.35. The summed E-state index contributed by atoms with van der Waals surface area (Å²) < 4.78 is 26.7. The van der Waals surface area contributed by atoms with Gasteiger partial charge in [0, 0.05) is 38.2 Å². The predicted octanol–water partition coefficient (Wildman–Crippen LogP) is 4.22. The predicted molar refractivity (Wildman–Crippen MR) is 128 cm³/mol. The molecule has 0 aliphatic carbocycles. The van der Waals surface area contributed by atoms with Crippen LogP contribution in [0.3, 0.4) is 0 Å². The van der Waals surface area contributed by atoms with Crippen molar-refractivity contribution in [1.82, 2.24) is 19.6 Å². The zero-order valence-corrected chi connectivity index (χ0v) is 20.0. The fourth-order valence-electron chi connectivity index (χ4n) is 4.15. The van der Waals surface area contributed by atoms with Crippen molar-refractivity contribution in [2.24, 2.45) is 0 Å². The van der Waals surface area contributed by atoms with E-state index in [4.69, 9.17) is 9.47 Å². The zero-order chi connectivity index (χ0) is 24.1. The molecule has 2 aromatic carbocycles. The third kappa shape index (κ3) is 5.39. The van der Waals surface area contributed by atoms with Crippen LogP contribution in [0.4, 0.5) is 4.39 Å². The number of amides is 1. The lowest BCUT2D eigenvalue weighted by molar-refractivity contribution is -0.132. The van der Waals surface area contributed by atoms with Crippen LogP contribution in [0, 0.1) is 12.7 Å². The summed E-state index contributed by atoms with van der Waals surface area (Å²) in [6, 6.07) is 13.4. The highest BCUT2D eigenvalue weighted by molar-refractivity contribution is 5.76. The van der Waals surface area contributed by atoms with Gasteiger partial charge in [-0.15, -0.1) is 0 Å². The van der Waals surface area contributed by atoms with Crippen molar-refractivity contribution in [2.45, 2.75) is 26.7 Å². The molecule has 0 atom stereocenters. The summed E-state index contributed by atoms with van der Waals surface area (Å²) in [4.78, 5) is 17.2. The molecule has 1 aromatic heterocycles. The molecule has 1 saturated heterocycles. The molecular weight excluding hydrogens is 435 g/mol. The molecule has 0 saturated carbocycles. The fraction of sp³-hybridized carbons (Fsp3) is 0.385. The van der Waals surface area contributed by atoms with Crippen LogP contribution in [0.25, 0.3) is 5.69 Å². The van der Waals surface area contributed by atoms with Crippen molar-refractivity contribution in [3.8, 4) is 23.1 Å². The van der Waals surface area contributed by atoms with Crippen molar-refractivity contribution in [1.29, 1.82) is 0 Å². The number of halogens is 1. The molecule has 3 aromatic rings. The van der Waals surface area contributed by atoms with Gasteiger partial charge in [-0.25, -0.2) is 9.07 Å². The maximum Gasteiger partial charge on any atom is 0.226 e. The third-order valence-electron chi connectivity index (χ3n) is 6.24. The number of methoxy groups -OCH3 is 1. The van der Waals surface area contributed by atoms with Crippen LogP contribution in [-0.2, 0) is 11.2 Å². The van der Waals surface area contributed by atoms with Gasteiger partial charge >= 0.3 is 0 Å². The Morgan fingerprint density at radius 3 is 2.26 bits per heavy atom. The van der Waals surface area contributed by atoms with Crippen LogP contribution in [0.15, 0.2) is 48.5 Å². The van der Waals surface area contributed by atoms with E-state index in [-0.39, 0.29) is 11.7 Å². The van der Waals surface area contributed by atoms with E-state index in [0.717, 1.165) is 49.7 Å². The third-order valence-corrected chi connectivity index (χ3v) is 6.24. The van der Waals surface area contributed by atoms with E-state index in [1.54, 1.807) is 23.9 Å². The first-order valence-electron chi connectivity index (χ1n) is 11.6. The molecule has 0 radical (unpaired) electrons. The van der Waals surface area contributed by atoms with Gasteiger partial charge in [0.15, 0.2) is 0 Å². The van der Waals surface area contributed by atoms with Crippen molar-refractivity contribution in [2.75, 3.05) is 39.8 Å². The second-order valence-corrected chi connectivity index (χ2v) is 8.35. The number of benzene rings is 2. The Labute approximate surface area is 199 Å². The molecule has 1 aliphatic rings. The first-order chi connectivity index (χ1) is 16.5. The maximum atomic E-state index is 13.5. The van der Waals surface area contributed by atoms with Crippen LogP contribution < -0.4 is 9.47 Å². The molecule has 1 fully saturated rings. The number of aryl methyl sites for hydroxylation is 1. The molecule has 7 nitrogen and oxygen atoms in total. The summed E-state index contributed by atoms with van der Waals surface area (Å²) in [5, 5.41) is 4.66. The van der Waals surface area contributed by atoms with Crippen LogP contribution >= 0.6 is 0 Å². The molecule has 0 spiro atoms. The number of carbonyl (C=O) groups is 1. The first kappa shape index (κ1) is 23.8. The van der Waals surface area contributed by atoms with Gasteiger partial charge in [-0.2, -0.15) is 5.10 Å². The van der Waals surface area contributed by atoms with Gasteiger partial charge < -0.3 is 19.3 Å². The monoisotopic (exact) mass is 466 g/mol. The molecule has 1 amide bonds. The highest BCUT2D eigenvalue weighted by atomic mass is 19.1. The number of carbonyl (C=O) groups excluding carboxylic acids is 1. The van der Waals surface area contributed by atoms with E-state index in [0.29, 0.717) is 30.2 Å². The molecule has 2 heterocycles. The van der Waals surface area contributed by atoms with E-state index in [1.165, 1.54) is 12.1 Å². The summed E-state index contributed by atoms with van der Waals surface area (Å²) in [7, 11) is 1.61. The van der Waals surface area contributed by atoms with Gasteiger partial charge in [-0.05, 0) is 68.4 Å². The SMILES string of the molecule is CCN1CCN(C(=O)CCc2c(C)nn(-c3ccc(F)cc3)c2Oc2ccc(OC)cc2)CC1. The standard InChI is InChI=1S/C26H31FN4O3/c1-4-29-15-17-30(18-16-29)25(32)14-13-24-19(2)28-31(21-7-5-20(27)6-8-21)26(24)34-23-11-9-22(33-3)10-12-23/h5-12H,4,13-18H2,1-3H3. The maximum absolute atomic E-state index is 13.5. The largest absolute Gasteiger partial charge is 0.497 e. The van der Waals surface area contributed by atoms with E-state index in [1.807, 2.05) is 36.1 Å². The van der Waals surface area contributed by atoms with Crippen LogP contribution in [0.1, 0.15) is 24.6 Å². The van der Waals surface area contributed by atoms with Crippen molar-refractivity contribution < 1.29 is 18.7 Å². The highest BCUT2D eigenvalue weighted by Gasteiger charge is 2.23. The quantitative estimate of drug-likeness (QED) is 0.498. The molecule has 0 bridgehead atoms.